The fraction of sp³-hybridized carbons (Fsp3) is 0.200. The monoisotopic (exact) mass is 331 g/mol. The minimum absolute atomic E-state index is 0.0214. The summed E-state index contributed by atoms with van der Waals surface area (Å²) < 4.78 is 0. The standard InChI is InChI=1S/C15H14ClN5O2/c16-14-4-3-11(9-19-14)10-20-7-6-18-15(20)13(21(22)23)8-12-2-1-5-17-12/h1-5,8-9,17H,6-7,10H2/b13-8-. The van der Waals surface area contributed by atoms with Gasteiger partial charge in [-0.05, 0) is 23.8 Å². The van der Waals surface area contributed by atoms with Gasteiger partial charge in [0.25, 0.3) is 0 Å². The molecule has 2 aromatic heterocycles. The maximum absolute atomic E-state index is 11.4. The molecule has 0 radical (unpaired) electrons. The third-order valence-corrected chi connectivity index (χ3v) is 3.66. The van der Waals surface area contributed by atoms with Crippen molar-refractivity contribution >= 4 is 23.5 Å². The van der Waals surface area contributed by atoms with Gasteiger partial charge >= 0.3 is 5.70 Å². The smallest absolute Gasteiger partial charge is 0.313 e. The maximum Gasteiger partial charge on any atom is 0.313 e. The molecule has 3 heterocycles. The predicted octanol–water partition coefficient (Wildman–Crippen LogP) is 2.60. The first-order valence-electron chi connectivity index (χ1n) is 7.03. The minimum Gasteiger partial charge on any atom is -0.361 e. The number of hydrogen-bond donors (Lipinski definition) is 1. The Bertz CT molecular complexity index is 753. The van der Waals surface area contributed by atoms with E-state index in [2.05, 4.69) is 15.0 Å². The number of halogens is 1. The Balaban J connectivity index is 1.84. The summed E-state index contributed by atoms with van der Waals surface area (Å²) in [7, 11) is 0. The average Bonchev–Trinajstić information content (AvgIpc) is 3.18. The van der Waals surface area contributed by atoms with Crippen LogP contribution in [0, 0.1) is 10.1 Å². The quantitative estimate of drug-likeness (QED) is 0.518. The maximum atomic E-state index is 11.4. The molecule has 23 heavy (non-hydrogen) atoms. The summed E-state index contributed by atoms with van der Waals surface area (Å²) in [6, 6.07) is 7.11. The fourth-order valence-electron chi connectivity index (χ4n) is 2.38. The van der Waals surface area contributed by atoms with Crippen LogP contribution in [0.15, 0.2) is 47.3 Å². The van der Waals surface area contributed by atoms with E-state index >= 15 is 0 Å². The van der Waals surface area contributed by atoms with E-state index in [1.807, 2.05) is 11.0 Å². The van der Waals surface area contributed by atoms with Crippen LogP contribution in [0.25, 0.3) is 6.08 Å². The van der Waals surface area contributed by atoms with Gasteiger partial charge in [-0.2, -0.15) is 0 Å². The molecule has 3 rings (SSSR count). The lowest BCUT2D eigenvalue weighted by Gasteiger charge is -2.18. The van der Waals surface area contributed by atoms with Crippen LogP contribution in [0.1, 0.15) is 11.3 Å². The molecular formula is C15H14ClN5O2. The minimum atomic E-state index is -0.405. The molecule has 0 amide bonds. The number of aromatic amines is 1. The van der Waals surface area contributed by atoms with E-state index < -0.39 is 4.92 Å². The number of nitrogens with zero attached hydrogens (tertiary/aromatic N) is 4. The van der Waals surface area contributed by atoms with Crippen molar-refractivity contribution in [1.29, 1.82) is 0 Å². The third-order valence-electron chi connectivity index (χ3n) is 3.43. The Morgan fingerprint density at radius 3 is 3.00 bits per heavy atom. The van der Waals surface area contributed by atoms with E-state index in [4.69, 9.17) is 11.6 Å². The Morgan fingerprint density at radius 1 is 1.48 bits per heavy atom. The summed E-state index contributed by atoms with van der Waals surface area (Å²) in [5.74, 6) is 0.388. The van der Waals surface area contributed by atoms with Gasteiger partial charge in [-0.3, -0.25) is 15.1 Å². The van der Waals surface area contributed by atoms with Gasteiger partial charge in [0.05, 0.1) is 11.5 Å². The lowest BCUT2D eigenvalue weighted by Crippen LogP contribution is -2.30. The highest BCUT2D eigenvalue weighted by atomic mass is 35.5. The normalized spacial score (nSPS) is 14.9. The second kappa shape index (κ2) is 6.62. The predicted molar refractivity (Wildman–Crippen MR) is 87.7 cm³/mol. The van der Waals surface area contributed by atoms with Crippen molar-refractivity contribution in [3.63, 3.8) is 0 Å². The number of H-pyrrole nitrogens is 1. The van der Waals surface area contributed by atoms with E-state index in [-0.39, 0.29) is 5.70 Å². The van der Waals surface area contributed by atoms with E-state index in [1.165, 1.54) is 6.08 Å². The van der Waals surface area contributed by atoms with Crippen molar-refractivity contribution < 1.29 is 4.92 Å². The molecule has 0 atom stereocenters. The molecule has 0 unspecified atom stereocenters. The molecular weight excluding hydrogens is 318 g/mol. The first kappa shape index (κ1) is 15.2. The third kappa shape index (κ3) is 3.57. The van der Waals surface area contributed by atoms with E-state index in [1.54, 1.807) is 30.6 Å². The molecule has 0 bridgehead atoms. The number of aliphatic imine (C=N–C) groups is 1. The van der Waals surface area contributed by atoms with Crippen molar-refractivity contribution in [2.45, 2.75) is 6.54 Å². The Kier molecular flexibility index (Phi) is 4.38. The number of rotatable bonds is 5. The first-order valence-corrected chi connectivity index (χ1v) is 7.41. The summed E-state index contributed by atoms with van der Waals surface area (Å²) in [5, 5.41) is 11.9. The fourth-order valence-corrected chi connectivity index (χ4v) is 2.49. The Hall–Kier alpha value is -2.67. The highest BCUT2D eigenvalue weighted by Crippen LogP contribution is 2.17. The molecule has 1 N–H and O–H groups in total. The summed E-state index contributed by atoms with van der Waals surface area (Å²) in [6.45, 7) is 1.67. The van der Waals surface area contributed by atoms with Gasteiger partial charge in [-0.1, -0.05) is 17.7 Å². The van der Waals surface area contributed by atoms with Crippen LogP contribution < -0.4 is 0 Å². The van der Waals surface area contributed by atoms with Crippen molar-refractivity contribution in [2.24, 2.45) is 4.99 Å². The molecule has 7 nitrogen and oxygen atoms in total. The lowest BCUT2D eigenvalue weighted by atomic mass is 10.2. The van der Waals surface area contributed by atoms with E-state index in [0.29, 0.717) is 36.3 Å². The van der Waals surface area contributed by atoms with Crippen molar-refractivity contribution in [1.82, 2.24) is 14.9 Å². The van der Waals surface area contributed by atoms with Gasteiger partial charge in [0.15, 0.2) is 0 Å². The van der Waals surface area contributed by atoms with Gasteiger partial charge in [-0.25, -0.2) is 4.98 Å². The van der Waals surface area contributed by atoms with Gasteiger partial charge < -0.3 is 9.88 Å². The number of nitro groups is 1. The SMILES string of the molecule is O=[N+]([O-])/C(=C\c1ccc[nH]1)C1=NCCN1Cc1ccc(Cl)nc1. The topological polar surface area (TPSA) is 87.4 Å². The molecule has 0 fully saturated rings. The highest BCUT2D eigenvalue weighted by molar-refractivity contribution is 6.29. The zero-order valence-corrected chi connectivity index (χ0v) is 12.9. The van der Waals surface area contributed by atoms with Crippen LogP contribution in [-0.4, -0.2) is 38.7 Å². The lowest BCUT2D eigenvalue weighted by molar-refractivity contribution is -0.414. The number of aromatic nitrogens is 2. The summed E-state index contributed by atoms with van der Waals surface area (Å²) in [4.78, 5) is 24.2. The molecule has 0 saturated carbocycles. The van der Waals surface area contributed by atoms with Crippen molar-refractivity contribution in [3.05, 3.63) is 68.9 Å². The molecule has 0 aliphatic carbocycles. The molecule has 0 saturated heterocycles. The Labute approximate surface area is 137 Å². The van der Waals surface area contributed by atoms with Gasteiger partial charge in [0.1, 0.15) is 5.15 Å². The van der Waals surface area contributed by atoms with Crippen LogP contribution in [0.3, 0.4) is 0 Å². The highest BCUT2D eigenvalue weighted by Gasteiger charge is 2.29. The number of pyridine rings is 1. The molecule has 0 aromatic carbocycles. The molecule has 118 valence electrons. The second-order valence-electron chi connectivity index (χ2n) is 5.03. The van der Waals surface area contributed by atoms with E-state index in [9.17, 15) is 10.1 Å². The zero-order valence-electron chi connectivity index (χ0n) is 12.1. The molecule has 1 aliphatic rings. The average molecular weight is 332 g/mol. The zero-order chi connectivity index (χ0) is 16.2. The van der Waals surface area contributed by atoms with Crippen LogP contribution in [0.4, 0.5) is 0 Å². The van der Waals surface area contributed by atoms with Gasteiger partial charge in [-0.15, -0.1) is 0 Å². The molecule has 8 heteroatoms. The van der Waals surface area contributed by atoms with Crippen molar-refractivity contribution in [2.75, 3.05) is 13.1 Å². The van der Waals surface area contributed by atoms with Crippen LogP contribution in [-0.2, 0) is 6.54 Å². The largest absolute Gasteiger partial charge is 0.361 e. The number of amidine groups is 1. The Morgan fingerprint density at radius 2 is 2.35 bits per heavy atom. The molecule has 0 spiro atoms. The second-order valence-corrected chi connectivity index (χ2v) is 5.42. The van der Waals surface area contributed by atoms with Gasteiger partial charge in [0.2, 0.25) is 5.84 Å². The molecule has 2 aromatic rings. The van der Waals surface area contributed by atoms with Crippen LogP contribution >= 0.6 is 11.6 Å². The summed E-state index contributed by atoms with van der Waals surface area (Å²) in [6.07, 6.45) is 4.88. The number of nitrogens with one attached hydrogen (secondary N) is 1. The van der Waals surface area contributed by atoms with Crippen molar-refractivity contribution in [3.8, 4) is 0 Å². The molecule has 1 aliphatic heterocycles. The first-order chi connectivity index (χ1) is 11.1. The summed E-state index contributed by atoms with van der Waals surface area (Å²) in [5.41, 5.74) is 1.57. The van der Waals surface area contributed by atoms with Crippen LogP contribution in [0.5, 0.6) is 0 Å². The van der Waals surface area contributed by atoms with E-state index in [0.717, 1.165) is 5.56 Å². The van der Waals surface area contributed by atoms with Gasteiger partial charge in [0, 0.05) is 37.3 Å². The van der Waals surface area contributed by atoms with Crippen LogP contribution in [0.2, 0.25) is 5.15 Å². The summed E-state index contributed by atoms with van der Waals surface area (Å²) >= 11 is 5.78. The number of hydrogen-bond acceptors (Lipinski definition) is 5.